The number of carbonyl (C=O) groups is 2. The van der Waals surface area contributed by atoms with Gasteiger partial charge in [0.25, 0.3) is 5.91 Å². The number of fused-ring (bicyclic) bond motifs is 1. The zero-order valence-corrected chi connectivity index (χ0v) is 16.7. The van der Waals surface area contributed by atoms with Gasteiger partial charge in [0.2, 0.25) is 5.95 Å². The highest BCUT2D eigenvalue weighted by Crippen LogP contribution is 2.27. The van der Waals surface area contributed by atoms with Crippen molar-refractivity contribution < 1.29 is 9.59 Å². The van der Waals surface area contributed by atoms with Crippen molar-refractivity contribution in [1.29, 1.82) is 0 Å². The van der Waals surface area contributed by atoms with Gasteiger partial charge in [0, 0.05) is 41.5 Å². The number of anilines is 1. The normalized spacial score (nSPS) is 24.5. The number of hydrogen-bond donors (Lipinski definition) is 2. The van der Waals surface area contributed by atoms with E-state index in [-0.39, 0.29) is 30.1 Å². The molecular formula is C18H21N7O2S. The summed E-state index contributed by atoms with van der Waals surface area (Å²) in [5, 5.41) is 5.33. The van der Waals surface area contributed by atoms with Gasteiger partial charge >= 0.3 is 0 Å². The highest BCUT2D eigenvalue weighted by atomic mass is 32.2. The molecule has 4 rings (SSSR count). The predicted molar refractivity (Wildman–Crippen MR) is 103 cm³/mol. The van der Waals surface area contributed by atoms with Crippen LogP contribution in [0.15, 0.2) is 23.5 Å². The highest BCUT2D eigenvalue weighted by Gasteiger charge is 2.49. The third-order valence-corrected chi connectivity index (χ3v) is 5.68. The first-order valence-corrected chi connectivity index (χ1v) is 10.0. The van der Waals surface area contributed by atoms with Crippen LogP contribution in [0, 0.1) is 26.7 Å². The highest BCUT2D eigenvalue weighted by molar-refractivity contribution is 7.99. The zero-order valence-electron chi connectivity index (χ0n) is 15.8. The van der Waals surface area contributed by atoms with Crippen molar-refractivity contribution in [2.24, 2.45) is 5.92 Å². The van der Waals surface area contributed by atoms with Gasteiger partial charge in [-0.15, -0.1) is 0 Å². The lowest BCUT2D eigenvalue weighted by molar-refractivity contribution is -0.133. The number of nitrogens with one attached hydrogen (secondary N) is 2. The fourth-order valence-corrected chi connectivity index (χ4v) is 4.35. The van der Waals surface area contributed by atoms with Gasteiger partial charge in [0.05, 0.1) is 6.17 Å². The molecule has 2 aliphatic rings. The van der Waals surface area contributed by atoms with Gasteiger partial charge in [-0.2, -0.15) is 0 Å². The molecule has 0 aromatic carbocycles. The average Bonchev–Trinajstić information content (AvgIpc) is 2.96. The summed E-state index contributed by atoms with van der Waals surface area (Å²) in [5.41, 5.74) is 5.49. The van der Waals surface area contributed by atoms with E-state index in [1.165, 1.54) is 16.8 Å². The summed E-state index contributed by atoms with van der Waals surface area (Å²) in [6.07, 6.45) is 1.54. The third kappa shape index (κ3) is 3.75. The third-order valence-electron chi connectivity index (χ3n) is 4.65. The van der Waals surface area contributed by atoms with E-state index in [1.54, 1.807) is 6.20 Å². The molecule has 0 bridgehead atoms. The fourth-order valence-electron chi connectivity index (χ4n) is 3.44. The maximum absolute atomic E-state index is 12.8. The van der Waals surface area contributed by atoms with Crippen LogP contribution in [0.3, 0.4) is 0 Å². The van der Waals surface area contributed by atoms with Gasteiger partial charge in [-0.25, -0.2) is 30.4 Å². The van der Waals surface area contributed by atoms with Crippen LogP contribution in [0.4, 0.5) is 5.95 Å². The number of nitrogens with zero attached hydrogens (tertiary/aromatic N) is 5. The number of hydrogen-bond acceptors (Lipinski definition) is 9. The lowest BCUT2D eigenvalue weighted by atomic mass is 9.91. The molecule has 3 unspecified atom stereocenters. The lowest BCUT2D eigenvalue weighted by Gasteiger charge is -2.30. The summed E-state index contributed by atoms with van der Waals surface area (Å²) < 4.78 is 0. The first kappa shape index (κ1) is 18.9. The number of aryl methyl sites for hydroxylation is 3. The second-order valence-electron chi connectivity index (χ2n) is 7.03. The largest absolute Gasteiger partial charge is 0.299 e. The molecule has 28 heavy (non-hydrogen) atoms. The van der Waals surface area contributed by atoms with E-state index in [1.807, 2.05) is 32.9 Å². The van der Waals surface area contributed by atoms with Crippen LogP contribution < -0.4 is 15.8 Å². The molecular weight excluding hydrogens is 378 g/mol. The Kier molecular flexibility index (Phi) is 5.09. The maximum Gasteiger partial charge on any atom is 0.257 e. The average molecular weight is 399 g/mol. The molecule has 2 aromatic heterocycles. The van der Waals surface area contributed by atoms with E-state index >= 15 is 0 Å². The lowest BCUT2D eigenvalue weighted by Crippen LogP contribution is -2.56. The SMILES string of the molecule is Cc1ccnc(SCC2CC(=O)C3C(=O)N(c4nc(C)cc(C)n4)NC3N2)n1. The zero-order chi connectivity index (χ0) is 19.8. The Morgan fingerprint density at radius 1 is 1.14 bits per heavy atom. The topological polar surface area (TPSA) is 113 Å². The predicted octanol–water partition coefficient (Wildman–Crippen LogP) is 0.709. The fraction of sp³-hybridized carbons (Fsp3) is 0.444. The number of Topliss-reactive ketones (excluding diaryl/α,β-unsaturated/α-hetero) is 1. The van der Waals surface area contributed by atoms with E-state index in [4.69, 9.17) is 0 Å². The number of piperidine rings is 1. The van der Waals surface area contributed by atoms with Crippen LogP contribution in [0.2, 0.25) is 0 Å². The Hall–Kier alpha value is -2.43. The summed E-state index contributed by atoms with van der Waals surface area (Å²) in [4.78, 5) is 42.7. The number of rotatable bonds is 4. The summed E-state index contributed by atoms with van der Waals surface area (Å²) in [6, 6.07) is 3.60. The van der Waals surface area contributed by atoms with Crippen molar-refractivity contribution in [3.63, 3.8) is 0 Å². The molecule has 0 radical (unpaired) electrons. The summed E-state index contributed by atoms with van der Waals surface area (Å²) in [6.45, 7) is 5.60. The van der Waals surface area contributed by atoms with Crippen molar-refractivity contribution in [3.8, 4) is 0 Å². The number of amides is 1. The summed E-state index contributed by atoms with van der Waals surface area (Å²) in [5.74, 6) is -0.259. The quantitative estimate of drug-likeness (QED) is 0.436. The van der Waals surface area contributed by atoms with Crippen LogP contribution in [0.5, 0.6) is 0 Å². The molecule has 2 N–H and O–H groups in total. The monoisotopic (exact) mass is 399 g/mol. The van der Waals surface area contributed by atoms with Crippen LogP contribution in [-0.2, 0) is 9.59 Å². The second kappa shape index (κ2) is 7.53. The number of carbonyl (C=O) groups excluding carboxylic acids is 2. The standard InChI is InChI=1S/C18H21N7O2S/c1-9-4-5-19-18(22-9)28-8-12-7-13(26)14-15(23-12)24-25(16(14)27)17-20-10(2)6-11(3)21-17/h4-6,12,14-15,23-24H,7-8H2,1-3H3. The Bertz CT molecular complexity index is 918. The van der Waals surface area contributed by atoms with Crippen LogP contribution >= 0.6 is 11.8 Å². The summed E-state index contributed by atoms with van der Waals surface area (Å²) >= 11 is 1.49. The summed E-state index contributed by atoms with van der Waals surface area (Å²) in [7, 11) is 0. The van der Waals surface area contributed by atoms with E-state index in [2.05, 4.69) is 30.7 Å². The maximum atomic E-state index is 12.8. The minimum absolute atomic E-state index is 0.0797. The molecule has 2 saturated heterocycles. The number of ketones is 1. The minimum Gasteiger partial charge on any atom is -0.299 e. The second-order valence-corrected chi connectivity index (χ2v) is 8.02. The van der Waals surface area contributed by atoms with Crippen LogP contribution in [-0.4, -0.2) is 49.6 Å². The molecule has 9 nitrogen and oxygen atoms in total. The van der Waals surface area contributed by atoms with E-state index < -0.39 is 12.1 Å². The number of hydrazine groups is 1. The molecule has 0 aliphatic carbocycles. The van der Waals surface area contributed by atoms with Crippen molar-refractivity contribution in [2.75, 3.05) is 10.8 Å². The van der Waals surface area contributed by atoms with Gasteiger partial charge in [-0.05, 0) is 32.9 Å². The van der Waals surface area contributed by atoms with Crippen molar-refractivity contribution in [1.82, 2.24) is 30.7 Å². The van der Waals surface area contributed by atoms with Gasteiger partial charge < -0.3 is 0 Å². The molecule has 2 aromatic rings. The Morgan fingerprint density at radius 3 is 2.61 bits per heavy atom. The van der Waals surface area contributed by atoms with Crippen molar-refractivity contribution in [2.45, 2.75) is 44.6 Å². The molecule has 146 valence electrons. The molecule has 0 saturated carbocycles. The van der Waals surface area contributed by atoms with Gasteiger partial charge in [0.1, 0.15) is 11.7 Å². The van der Waals surface area contributed by atoms with Gasteiger partial charge in [0.15, 0.2) is 5.16 Å². The van der Waals surface area contributed by atoms with E-state index in [0.717, 1.165) is 17.1 Å². The smallest absolute Gasteiger partial charge is 0.257 e. The number of thioether (sulfide) groups is 1. The number of aromatic nitrogens is 4. The molecule has 3 atom stereocenters. The molecule has 10 heteroatoms. The van der Waals surface area contributed by atoms with E-state index in [9.17, 15) is 9.59 Å². The van der Waals surface area contributed by atoms with Crippen LogP contribution in [0.25, 0.3) is 0 Å². The molecule has 0 spiro atoms. The van der Waals surface area contributed by atoms with Crippen molar-refractivity contribution in [3.05, 3.63) is 35.4 Å². The molecule has 1 amide bonds. The Balaban J connectivity index is 1.46. The molecule has 2 aliphatic heterocycles. The molecule has 2 fully saturated rings. The molecule has 4 heterocycles. The van der Waals surface area contributed by atoms with Crippen LogP contribution in [0.1, 0.15) is 23.5 Å². The van der Waals surface area contributed by atoms with Gasteiger partial charge in [-0.1, -0.05) is 11.8 Å². The Morgan fingerprint density at radius 2 is 1.89 bits per heavy atom. The minimum atomic E-state index is -0.763. The first-order valence-electron chi connectivity index (χ1n) is 9.04. The Labute approximate surface area is 166 Å². The van der Waals surface area contributed by atoms with Crippen molar-refractivity contribution >= 4 is 29.4 Å². The van der Waals surface area contributed by atoms with E-state index in [0.29, 0.717) is 10.9 Å². The van der Waals surface area contributed by atoms with Gasteiger partial charge in [-0.3, -0.25) is 14.9 Å². The first-order chi connectivity index (χ1) is 13.4.